The molecular weight excluding hydrogens is 100 g/mol. The first kappa shape index (κ1) is 6.09. The minimum absolute atomic E-state index is 0.155. The van der Waals surface area contributed by atoms with Crippen LogP contribution in [-0.2, 0) is 4.74 Å². The molecule has 1 heteroatoms. The van der Waals surface area contributed by atoms with Crippen LogP contribution in [0.4, 0.5) is 0 Å². The molecular formula is C7H14O. The lowest BCUT2D eigenvalue weighted by Gasteiger charge is -2.01. The van der Waals surface area contributed by atoms with Crippen molar-refractivity contribution in [3.63, 3.8) is 0 Å². The zero-order valence-electron chi connectivity index (χ0n) is 6.12. The molecule has 0 amide bonds. The second-order valence-electron chi connectivity index (χ2n) is 3.20. The highest BCUT2D eigenvalue weighted by Crippen LogP contribution is 2.49. The first-order valence-electron chi connectivity index (χ1n) is 3.22. The Labute approximate surface area is 51.0 Å². The highest BCUT2D eigenvalue weighted by atomic mass is 16.6. The molecule has 1 unspecified atom stereocenters. The molecule has 8 heavy (non-hydrogen) atoms. The molecule has 0 radical (unpaired) electrons. The van der Waals surface area contributed by atoms with Gasteiger partial charge in [-0.1, -0.05) is 6.92 Å². The highest BCUT2D eigenvalue weighted by Gasteiger charge is 2.58. The molecule has 1 aliphatic heterocycles. The molecule has 0 spiro atoms. The van der Waals surface area contributed by atoms with Gasteiger partial charge in [-0.25, -0.2) is 0 Å². The van der Waals surface area contributed by atoms with Crippen molar-refractivity contribution in [3.8, 4) is 0 Å². The van der Waals surface area contributed by atoms with Crippen LogP contribution in [0.15, 0.2) is 0 Å². The Balaban J connectivity index is 2.55. The summed E-state index contributed by atoms with van der Waals surface area (Å²) < 4.78 is 5.44. The van der Waals surface area contributed by atoms with Crippen molar-refractivity contribution in [3.05, 3.63) is 0 Å². The Morgan fingerprint density at radius 2 is 1.62 bits per heavy atom. The maximum Gasteiger partial charge on any atom is 0.0943 e. The van der Waals surface area contributed by atoms with E-state index in [0.717, 1.165) is 6.42 Å². The summed E-state index contributed by atoms with van der Waals surface area (Å²) in [6, 6.07) is 0. The van der Waals surface area contributed by atoms with Crippen LogP contribution in [0.5, 0.6) is 0 Å². The summed E-state index contributed by atoms with van der Waals surface area (Å²) in [7, 11) is 0. The molecule has 0 aromatic rings. The monoisotopic (exact) mass is 114 g/mol. The zero-order valence-corrected chi connectivity index (χ0v) is 6.12. The zero-order chi connectivity index (χ0) is 6.41. The van der Waals surface area contributed by atoms with E-state index in [1.54, 1.807) is 0 Å². The molecule has 0 aliphatic carbocycles. The van der Waals surface area contributed by atoms with E-state index >= 15 is 0 Å². The third-order valence-electron chi connectivity index (χ3n) is 2.39. The van der Waals surface area contributed by atoms with Crippen LogP contribution in [0.25, 0.3) is 0 Å². The molecule has 0 bridgehead atoms. The fourth-order valence-corrected chi connectivity index (χ4v) is 1.04. The van der Waals surface area contributed by atoms with Gasteiger partial charge in [-0.2, -0.15) is 0 Å². The van der Waals surface area contributed by atoms with Crippen molar-refractivity contribution < 1.29 is 4.74 Å². The maximum atomic E-state index is 5.44. The van der Waals surface area contributed by atoms with Gasteiger partial charge in [0.2, 0.25) is 0 Å². The SMILES string of the molecule is CCC1(C)OC1(C)C. The molecule has 1 aliphatic rings. The third-order valence-corrected chi connectivity index (χ3v) is 2.39. The summed E-state index contributed by atoms with van der Waals surface area (Å²) in [5, 5.41) is 0. The summed E-state index contributed by atoms with van der Waals surface area (Å²) in [6.07, 6.45) is 1.12. The molecule has 1 nitrogen and oxygen atoms in total. The molecule has 0 aromatic carbocycles. The van der Waals surface area contributed by atoms with E-state index in [9.17, 15) is 0 Å². The first-order valence-corrected chi connectivity index (χ1v) is 3.22. The second kappa shape index (κ2) is 1.27. The number of hydrogen-bond donors (Lipinski definition) is 0. The van der Waals surface area contributed by atoms with E-state index in [1.165, 1.54) is 0 Å². The first-order chi connectivity index (χ1) is 3.52. The number of epoxide rings is 1. The molecule has 1 rings (SSSR count). The fraction of sp³-hybridized carbons (Fsp3) is 1.00. The Kier molecular flexibility index (Phi) is 0.965. The average molecular weight is 114 g/mol. The predicted octanol–water partition coefficient (Wildman–Crippen LogP) is 1.96. The summed E-state index contributed by atoms with van der Waals surface area (Å²) in [5.74, 6) is 0. The van der Waals surface area contributed by atoms with Crippen LogP contribution >= 0.6 is 0 Å². The van der Waals surface area contributed by atoms with Crippen molar-refractivity contribution in [2.45, 2.75) is 45.3 Å². The third kappa shape index (κ3) is 0.576. The minimum Gasteiger partial charge on any atom is -0.363 e. The van der Waals surface area contributed by atoms with E-state index in [0.29, 0.717) is 0 Å². The molecule has 1 heterocycles. The largest absolute Gasteiger partial charge is 0.363 e. The number of hydrogen-bond acceptors (Lipinski definition) is 1. The summed E-state index contributed by atoms with van der Waals surface area (Å²) in [6.45, 7) is 8.59. The molecule has 1 atom stereocenters. The predicted molar refractivity (Wildman–Crippen MR) is 33.9 cm³/mol. The van der Waals surface area contributed by atoms with Gasteiger partial charge in [0.25, 0.3) is 0 Å². The van der Waals surface area contributed by atoms with E-state index in [4.69, 9.17) is 4.74 Å². The summed E-state index contributed by atoms with van der Waals surface area (Å²) >= 11 is 0. The smallest absolute Gasteiger partial charge is 0.0943 e. The second-order valence-corrected chi connectivity index (χ2v) is 3.20. The van der Waals surface area contributed by atoms with E-state index < -0.39 is 0 Å². The lowest BCUT2D eigenvalue weighted by molar-refractivity contribution is 0.282. The molecule has 48 valence electrons. The van der Waals surface area contributed by atoms with Crippen molar-refractivity contribution in [2.75, 3.05) is 0 Å². The summed E-state index contributed by atoms with van der Waals surface area (Å²) in [4.78, 5) is 0. The quantitative estimate of drug-likeness (QED) is 0.475. The van der Waals surface area contributed by atoms with E-state index in [-0.39, 0.29) is 11.2 Å². The fourth-order valence-electron chi connectivity index (χ4n) is 1.04. The number of rotatable bonds is 1. The van der Waals surface area contributed by atoms with Crippen molar-refractivity contribution >= 4 is 0 Å². The van der Waals surface area contributed by atoms with Crippen molar-refractivity contribution in [2.24, 2.45) is 0 Å². The summed E-state index contributed by atoms with van der Waals surface area (Å²) in [5.41, 5.74) is 0.342. The standard InChI is InChI=1S/C7H14O/c1-5-7(4)6(2,3)8-7/h5H2,1-4H3. The van der Waals surface area contributed by atoms with Gasteiger partial charge in [-0.3, -0.25) is 0 Å². The Morgan fingerprint density at radius 1 is 1.25 bits per heavy atom. The minimum atomic E-state index is 0.155. The lowest BCUT2D eigenvalue weighted by atomic mass is 9.96. The maximum absolute atomic E-state index is 5.44. The van der Waals surface area contributed by atoms with Gasteiger partial charge in [0.05, 0.1) is 11.2 Å². The van der Waals surface area contributed by atoms with Gasteiger partial charge in [0.1, 0.15) is 0 Å². The van der Waals surface area contributed by atoms with Crippen molar-refractivity contribution in [1.29, 1.82) is 0 Å². The Hall–Kier alpha value is -0.0400. The molecule has 0 N–H and O–H groups in total. The van der Waals surface area contributed by atoms with Gasteiger partial charge in [-0.05, 0) is 27.2 Å². The van der Waals surface area contributed by atoms with Gasteiger partial charge in [0.15, 0.2) is 0 Å². The van der Waals surface area contributed by atoms with Gasteiger partial charge < -0.3 is 4.74 Å². The molecule has 0 saturated carbocycles. The van der Waals surface area contributed by atoms with Gasteiger partial charge in [0, 0.05) is 0 Å². The van der Waals surface area contributed by atoms with Crippen molar-refractivity contribution in [1.82, 2.24) is 0 Å². The van der Waals surface area contributed by atoms with Crippen LogP contribution in [0.2, 0.25) is 0 Å². The average Bonchev–Trinajstić information content (AvgIpc) is 2.10. The molecule has 0 aromatic heterocycles. The Morgan fingerprint density at radius 3 is 1.62 bits per heavy atom. The van der Waals surface area contributed by atoms with Crippen LogP contribution < -0.4 is 0 Å². The van der Waals surface area contributed by atoms with Crippen LogP contribution in [0.3, 0.4) is 0 Å². The highest BCUT2D eigenvalue weighted by molar-refractivity contribution is 5.06. The normalized spacial score (nSPS) is 42.0. The number of ether oxygens (including phenoxy) is 1. The Bertz CT molecular complexity index is 107. The van der Waals surface area contributed by atoms with Gasteiger partial charge >= 0.3 is 0 Å². The lowest BCUT2D eigenvalue weighted by Crippen LogP contribution is -2.14. The van der Waals surface area contributed by atoms with Crippen LogP contribution in [0, 0.1) is 0 Å². The van der Waals surface area contributed by atoms with Gasteiger partial charge in [-0.15, -0.1) is 0 Å². The van der Waals surface area contributed by atoms with Crippen LogP contribution in [0.1, 0.15) is 34.1 Å². The molecule has 1 fully saturated rings. The topological polar surface area (TPSA) is 12.5 Å². The van der Waals surface area contributed by atoms with E-state index in [1.807, 2.05) is 0 Å². The van der Waals surface area contributed by atoms with Crippen LogP contribution in [-0.4, -0.2) is 11.2 Å². The molecule has 1 saturated heterocycles. The van der Waals surface area contributed by atoms with E-state index in [2.05, 4.69) is 27.7 Å².